The molecule has 2 rings (SSSR count). The number of nitrogens with zero attached hydrogens (tertiary/aromatic N) is 1. The number of aryl methyl sites for hydroxylation is 1. The fraction of sp³-hybridized carbons (Fsp3) is 0.733. The lowest BCUT2D eigenvalue weighted by Gasteiger charge is -2.32. The second-order valence-corrected chi connectivity index (χ2v) is 8.05. The average molecular weight is 345 g/mol. The minimum absolute atomic E-state index is 0.614. The largest absolute Gasteiger partial charge is 0.316 e. The molecule has 0 amide bonds. The third-order valence-corrected chi connectivity index (χ3v) is 6.01. The van der Waals surface area contributed by atoms with E-state index in [-0.39, 0.29) is 0 Å². The average Bonchev–Trinajstić information content (AvgIpc) is 2.69. The van der Waals surface area contributed by atoms with Crippen LogP contribution in [-0.4, -0.2) is 30.6 Å². The van der Waals surface area contributed by atoms with E-state index in [1.165, 1.54) is 46.7 Å². The van der Waals surface area contributed by atoms with E-state index in [1.54, 1.807) is 0 Å². The highest BCUT2D eigenvalue weighted by molar-refractivity contribution is 9.10. The predicted octanol–water partition coefficient (Wildman–Crippen LogP) is 4.03. The minimum atomic E-state index is 0.614. The van der Waals surface area contributed by atoms with Gasteiger partial charge < -0.3 is 5.32 Å². The zero-order chi connectivity index (χ0) is 13.8. The molecule has 1 unspecified atom stereocenters. The number of rotatable bonds is 5. The predicted molar refractivity (Wildman–Crippen MR) is 87.9 cm³/mol. The lowest BCUT2D eigenvalue weighted by molar-refractivity contribution is 0.165. The number of thiophene rings is 1. The molecule has 0 radical (unpaired) electrons. The van der Waals surface area contributed by atoms with Crippen molar-refractivity contribution in [1.82, 2.24) is 10.2 Å². The van der Waals surface area contributed by atoms with Gasteiger partial charge in [-0.15, -0.1) is 11.3 Å². The van der Waals surface area contributed by atoms with Crippen molar-refractivity contribution < 1.29 is 0 Å². The van der Waals surface area contributed by atoms with Crippen molar-refractivity contribution in [2.45, 2.75) is 46.2 Å². The summed E-state index contributed by atoms with van der Waals surface area (Å²) >= 11 is 5.54. The highest BCUT2D eigenvalue weighted by Crippen LogP contribution is 2.28. The Morgan fingerprint density at radius 3 is 2.84 bits per heavy atom. The van der Waals surface area contributed by atoms with Crippen molar-refractivity contribution in [3.63, 3.8) is 0 Å². The van der Waals surface area contributed by atoms with Crippen LogP contribution in [0.1, 0.15) is 36.4 Å². The first-order valence-electron chi connectivity index (χ1n) is 7.26. The third-order valence-electron chi connectivity index (χ3n) is 3.89. The molecule has 19 heavy (non-hydrogen) atoms. The molecule has 108 valence electrons. The number of hydrogen-bond donors (Lipinski definition) is 1. The van der Waals surface area contributed by atoms with Gasteiger partial charge in [-0.25, -0.2) is 0 Å². The zero-order valence-electron chi connectivity index (χ0n) is 12.2. The summed E-state index contributed by atoms with van der Waals surface area (Å²) in [6.07, 6.45) is 2.71. The highest BCUT2D eigenvalue weighted by Gasteiger charge is 2.19. The normalized spacial score (nSPS) is 20.4. The summed E-state index contributed by atoms with van der Waals surface area (Å²) in [7, 11) is 0. The van der Waals surface area contributed by atoms with E-state index in [1.807, 2.05) is 11.3 Å². The molecule has 2 nitrogen and oxygen atoms in total. The fourth-order valence-electron chi connectivity index (χ4n) is 2.67. The van der Waals surface area contributed by atoms with Crippen LogP contribution in [-0.2, 0) is 6.54 Å². The van der Waals surface area contributed by atoms with Gasteiger partial charge in [-0.1, -0.05) is 0 Å². The smallest absolute Gasteiger partial charge is 0.0331 e. The monoisotopic (exact) mass is 344 g/mol. The van der Waals surface area contributed by atoms with E-state index < -0.39 is 0 Å². The van der Waals surface area contributed by atoms with Gasteiger partial charge in [0.1, 0.15) is 0 Å². The van der Waals surface area contributed by atoms with Crippen LogP contribution >= 0.6 is 27.3 Å². The Balaban J connectivity index is 1.95. The van der Waals surface area contributed by atoms with Gasteiger partial charge in [-0.05, 0) is 74.6 Å². The van der Waals surface area contributed by atoms with Crippen molar-refractivity contribution in [2.75, 3.05) is 19.6 Å². The van der Waals surface area contributed by atoms with Gasteiger partial charge in [0, 0.05) is 33.4 Å². The van der Waals surface area contributed by atoms with Crippen LogP contribution < -0.4 is 5.32 Å². The van der Waals surface area contributed by atoms with Gasteiger partial charge in [-0.2, -0.15) is 0 Å². The maximum Gasteiger partial charge on any atom is 0.0331 e. The molecule has 1 atom stereocenters. The van der Waals surface area contributed by atoms with Crippen molar-refractivity contribution in [1.29, 1.82) is 0 Å². The van der Waals surface area contributed by atoms with Crippen molar-refractivity contribution in [3.8, 4) is 0 Å². The van der Waals surface area contributed by atoms with Crippen LogP contribution in [0.2, 0.25) is 0 Å². The molecular weight excluding hydrogens is 320 g/mol. The lowest BCUT2D eigenvalue weighted by Crippen LogP contribution is -2.40. The zero-order valence-corrected chi connectivity index (χ0v) is 14.6. The Morgan fingerprint density at radius 1 is 1.53 bits per heavy atom. The summed E-state index contributed by atoms with van der Waals surface area (Å²) < 4.78 is 1.26. The van der Waals surface area contributed by atoms with Crippen LogP contribution in [0, 0.1) is 12.8 Å². The first-order valence-corrected chi connectivity index (χ1v) is 8.86. The second-order valence-electron chi connectivity index (χ2n) is 5.85. The lowest BCUT2D eigenvalue weighted by atomic mass is 9.98. The molecule has 1 fully saturated rings. The van der Waals surface area contributed by atoms with Gasteiger partial charge in [0.2, 0.25) is 0 Å². The molecule has 0 aromatic carbocycles. The van der Waals surface area contributed by atoms with Gasteiger partial charge in [0.25, 0.3) is 0 Å². The molecule has 0 bridgehead atoms. The Labute approximate surface area is 129 Å². The van der Waals surface area contributed by atoms with Crippen molar-refractivity contribution in [2.24, 2.45) is 5.92 Å². The summed E-state index contributed by atoms with van der Waals surface area (Å²) in [6.45, 7) is 11.5. The molecule has 1 saturated heterocycles. The van der Waals surface area contributed by atoms with Crippen LogP contribution in [0.5, 0.6) is 0 Å². The Kier molecular flexibility index (Phi) is 5.87. The van der Waals surface area contributed by atoms with Crippen LogP contribution in [0.3, 0.4) is 0 Å². The number of nitrogens with one attached hydrogen (secondary N) is 1. The summed E-state index contributed by atoms with van der Waals surface area (Å²) in [5.74, 6) is 0.820. The molecular formula is C15H25BrN2S. The molecule has 1 aromatic heterocycles. The SMILES string of the molecule is Cc1sc(CN(CC2CCCNC2)C(C)C)cc1Br. The molecule has 4 heteroatoms. The van der Waals surface area contributed by atoms with Crippen molar-refractivity contribution >= 4 is 27.3 Å². The Hall–Kier alpha value is 0.100. The summed E-state index contributed by atoms with van der Waals surface area (Å²) in [5.41, 5.74) is 0. The molecule has 1 N–H and O–H groups in total. The Bertz CT molecular complexity index is 377. The molecule has 1 aromatic rings. The van der Waals surface area contributed by atoms with E-state index in [9.17, 15) is 0 Å². The fourth-order valence-corrected chi connectivity index (χ4v) is 4.29. The van der Waals surface area contributed by atoms with E-state index in [4.69, 9.17) is 0 Å². The highest BCUT2D eigenvalue weighted by atomic mass is 79.9. The molecule has 0 saturated carbocycles. The summed E-state index contributed by atoms with van der Waals surface area (Å²) in [4.78, 5) is 5.48. The van der Waals surface area contributed by atoms with E-state index in [0.717, 1.165) is 12.5 Å². The molecule has 1 aliphatic rings. The van der Waals surface area contributed by atoms with E-state index in [2.05, 4.69) is 53.0 Å². The van der Waals surface area contributed by atoms with Crippen LogP contribution in [0.25, 0.3) is 0 Å². The number of piperidine rings is 1. The minimum Gasteiger partial charge on any atom is -0.316 e. The van der Waals surface area contributed by atoms with Gasteiger partial charge in [0.15, 0.2) is 0 Å². The quantitative estimate of drug-likeness (QED) is 0.867. The first kappa shape index (κ1) is 15.5. The molecule has 0 spiro atoms. The third kappa shape index (κ3) is 4.55. The van der Waals surface area contributed by atoms with Gasteiger partial charge >= 0.3 is 0 Å². The van der Waals surface area contributed by atoms with Crippen molar-refractivity contribution in [3.05, 3.63) is 20.3 Å². The number of halogens is 1. The van der Waals surface area contributed by atoms with E-state index >= 15 is 0 Å². The molecule has 1 aliphatic heterocycles. The van der Waals surface area contributed by atoms with Gasteiger partial charge in [-0.3, -0.25) is 4.90 Å². The topological polar surface area (TPSA) is 15.3 Å². The summed E-state index contributed by atoms with van der Waals surface area (Å²) in [5, 5.41) is 3.52. The van der Waals surface area contributed by atoms with Crippen LogP contribution in [0.4, 0.5) is 0 Å². The number of hydrogen-bond acceptors (Lipinski definition) is 3. The van der Waals surface area contributed by atoms with E-state index in [0.29, 0.717) is 6.04 Å². The first-order chi connectivity index (χ1) is 9.06. The standard InChI is InChI=1S/C15H25BrN2S/c1-11(2)18(9-13-5-4-6-17-8-13)10-14-7-15(16)12(3)19-14/h7,11,13,17H,4-6,8-10H2,1-3H3. The molecule has 0 aliphatic carbocycles. The second kappa shape index (κ2) is 7.21. The van der Waals surface area contributed by atoms with Crippen LogP contribution in [0.15, 0.2) is 10.5 Å². The maximum absolute atomic E-state index is 3.62. The Morgan fingerprint density at radius 2 is 2.32 bits per heavy atom. The van der Waals surface area contributed by atoms with Gasteiger partial charge in [0.05, 0.1) is 0 Å². The molecule has 2 heterocycles. The maximum atomic E-state index is 3.62. The summed E-state index contributed by atoms with van der Waals surface area (Å²) in [6, 6.07) is 2.90.